The van der Waals surface area contributed by atoms with E-state index in [2.05, 4.69) is 16.0 Å². The molecule has 0 saturated heterocycles. The van der Waals surface area contributed by atoms with E-state index in [4.69, 9.17) is 5.11 Å². The van der Waals surface area contributed by atoms with E-state index in [1.165, 1.54) is 26.0 Å². The number of carboxylic acids is 1. The van der Waals surface area contributed by atoms with E-state index < -0.39 is 22.8 Å². The van der Waals surface area contributed by atoms with Crippen molar-refractivity contribution >= 4 is 29.2 Å². The number of rotatable bonds is 8. The van der Waals surface area contributed by atoms with Crippen LogP contribution in [0.3, 0.4) is 0 Å². The average molecular weight is 338 g/mol. The minimum atomic E-state index is -1.21. The van der Waals surface area contributed by atoms with Crippen molar-refractivity contribution < 1.29 is 24.4 Å². The Labute approximate surface area is 137 Å². The van der Waals surface area contributed by atoms with Crippen LogP contribution in [0.25, 0.3) is 0 Å². The molecule has 0 heterocycles. The van der Waals surface area contributed by atoms with Gasteiger partial charge >= 0.3 is 5.97 Å². The Morgan fingerprint density at radius 3 is 2.50 bits per heavy atom. The van der Waals surface area contributed by atoms with Gasteiger partial charge in [-0.15, -0.1) is 0 Å². The van der Waals surface area contributed by atoms with Crippen molar-refractivity contribution in [3.63, 3.8) is 0 Å². The number of carbonyl (C=O) groups is 3. The normalized spacial score (nSPS) is 11.2. The summed E-state index contributed by atoms with van der Waals surface area (Å²) in [5.41, 5.74) is -0.163. The van der Waals surface area contributed by atoms with E-state index in [-0.39, 0.29) is 35.9 Å². The summed E-state index contributed by atoms with van der Waals surface area (Å²) in [6.45, 7) is 3.19. The fourth-order valence-corrected chi connectivity index (χ4v) is 1.75. The van der Waals surface area contributed by atoms with Gasteiger partial charge in [-0.1, -0.05) is 0 Å². The van der Waals surface area contributed by atoms with Gasteiger partial charge in [-0.25, -0.2) is 0 Å². The topological polar surface area (TPSA) is 151 Å². The average Bonchev–Trinajstić information content (AvgIpc) is 2.50. The molecule has 0 aliphatic heterocycles. The molecule has 0 fully saturated rings. The first kappa shape index (κ1) is 18.9. The molecule has 0 aliphatic rings. The maximum Gasteiger partial charge on any atom is 0.325 e. The molecule has 0 aromatic heterocycles. The molecule has 24 heavy (non-hydrogen) atoms. The first-order valence-electron chi connectivity index (χ1n) is 7.02. The first-order chi connectivity index (χ1) is 11.2. The highest BCUT2D eigenvalue weighted by Gasteiger charge is 2.20. The zero-order chi connectivity index (χ0) is 18.3. The number of nitro benzene ring substituents is 1. The van der Waals surface area contributed by atoms with Crippen molar-refractivity contribution in [3.8, 4) is 0 Å². The number of anilines is 1. The Morgan fingerprint density at radius 2 is 1.96 bits per heavy atom. The van der Waals surface area contributed by atoms with Crippen molar-refractivity contribution in [2.75, 3.05) is 18.4 Å². The molecule has 0 unspecified atom stereocenters. The van der Waals surface area contributed by atoms with Crippen molar-refractivity contribution in [2.45, 2.75) is 19.9 Å². The minimum absolute atomic E-state index is 0.0257. The van der Waals surface area contributed by atoms with Crippen molar-refractivity contribution in [3.05, 3.63) is 33.9 Å². The molecule has 1 atom stereocenters. The van der Waals surface area contributed by atoms with E-state index in [0.717, 1.165) is 6.07 Å². The fraction of sp³-hybridized carbons (Fsp3) is 0.357. The van der Waals surface area contributed by atoms with Crippen LogP contribution in [-0.4, -0.2) is 46.9 Å². The maximum atomic E-state index is 11.9. The number of amides is 2. The number of benzene rings is 1. The molecule has 1 aromatic carbocycles. The monoisotopic (exact) mass is 338 g/mol. The smallest absolute Gasteiger partial charge is 0.325 e. The van der Waals surface area contributed by atoms with Crippen LogP contribution in [0.1, 0.15) is 24.2 Å². The predicted molar refractivity (Wildman–Crippen MR) is 84.8 cm³/mol. The van der Waals surface area contributed by atoms with Crippen molar-refractivity contribution in [2.24, 2.45) is 0 Å². The number of nitrogens with one attached hydrogen (secondary N) is 3. The molecule has 0 spiro atoms. The molecule has 0 saturated carbocycles. The van der Waals surface area contributed by atoms with Crippen LogP contribution >= 0.6 is 0 Å². The molecule has 0 bridgehead atoms. The molecule has 0 radical (unpaired) electrons. The first-order valence-corrected chi connectivity index (χ1v) is 7.02. The van der Waals surface area contributed by atoms with Gasteiger partial charge < -0.3 is 21.1 Å². The van der Waals surface area contributed by atoms with Crippen LogP contribution in [0.5, 0.6) is 0 Å². The Kier molecular flexibility index (Phi) is 6.65. The standard InChI is InChI=1S/C14H18N4O6/c1-8(14(21)22)17-13(20)10-3-4-11(12(7-10)18(23)24)16-6-5-15-9(2)19/h3-4,7-8,16H,5-6H2,1-2H3,(H,15,19)(H,17,20)(H,21,22)/t8-/m1/s1. The summed E-state index contributed by atoms with van der Waals surface area (Å²) in [6.07, 6.45) is 0. The number of carboxylic acid groups (broad SMARTS) is 1. The number of hydrogen-bond donors (Lipinski definition) is 4. The molecular formula is C14H18N4O6. The fourth-order valence-electron chi connectivity index (χ4n) is 1.75. The summed E-state index contributed by atoms with van der Waals surface area (Å²) in [4.78, 5) is 43.9. The highest BCUT2D eigenvalue weighted by atomic mass is 16.6. The summed E-state index contributed by atoms with van der Waals surface area (Å²) < 4.78 is 0. The van der Waals surface area contributed by atoms with E-state index in [1.807, 2.05) is 0 Å². The molecule has 1 aromatic rings. The second kappa shape index (κ2) is 8.46. The van der Waals surface area contributed by atoms with E-state index in [1.54, 1.807) is 0 Å². The largest absolute Gasteiger partial charge is 0.480 e. The summed E-state index contributed by atoms with van der Waals surface area (Å²) in [6, 6.07) is 2.64. The summed E-state index contributed by atoms with van der Waals surface area (Å²) in [5, 5.41) is 27.4. The number of carbonyl (C=O) groups excluding carboxylic acids is 2. The van der Waals surface area contributed by atoms with Gasteiger partial charge in [0.1, 0.15) is 11.7 Å². The Balaban J connectivity index is 2.86. The molecule has 10 heteroatoms. The zero-order valence-corrected chi connectivity index (χ0v) is 13.2. The Hall–Kier alpha value is -3.17. The lowest BCUT2D eigenvalue weighted by atomic mass is 10.1. The summed E-state index contributed by atoms with van der Waals surface area (Å²) in [5.74, 6) is -2.15. The van der Waals surface area contributed by atoms with Gasteiger partial charge in [0.15, 0.2) is 0 Å². The highest BCUT2D eigenvalue weighted by molar-refractivity contribution is 5.97. The van der Waals surface area contributed by atoms with Crippen LogP contribution in [-0.2, 0) is 9.59 Å². The van der Waals surface area contributed by atoms with Gasteiger partial charge in [0, 0.05) is 31.6 Å². The number of aliphatic carboxylic acids is 1. The predicted octanol–water partition coefficient (Wildman–Crippen LogP) is 0.346. The third kappa shape index (κ3) is 5.55. The maximum absolute atomic E-state index is 11.9. The highest BCUT2D eigenvalue weighted by Crippen LogP contribution is 2.25. The lowest BCUT2D eigenvalue weighted by Crippen LogP contribution is -2.38. The van der Waals surface area contributed by atoms with Crippen LogP contribution in [0.4, 0.5) is 11.4 Å². The van der Waals surface area contributed by atoms with Gasteiger partial charge in [-0.3, -0.25) is 24.5 Å². The Bertz CT molecular complexity index is 661. The summed E-state index contributed by atoms with van der Waals surface area (Å²) >= 11 is 0. The molecule has 4 N–H and O–H groups in total. The molecule has 10 nitrogen and oxygen atoms in total. The van der Waals surface area contributed by atoms with Crippen LogP contribution in [0, 0.1) is 10.1 Å². The third-order valence-corrected chi connectivity index (χ3v) is 2.99. The third-order valence-electron chi connectivity index (χ3n) is 2.99. The minimum Gasteiger partial charge on any atom is -0.480 e. The molecule has 2 amide bonds. The van der Waals surface area contributed by atoms with Crippen LogP contribution in [0.15, 0.2) is 18.2 Å². The van der Waals surface area contributed by atoms with Gasteiger partial charge in [0.05, 0.1) is 4.92 Å². The number of hydrogen-bond acceptors (Lipinski definition) is 6. The SMILES string of the molecule is CC(=O)NCCNc1ccc(C(=O)N[C@H](C)C(=O)O)cc1[N+](=O)[O-]. The zero-order valence-electron chi connectivity index (χ0n) is 13.2. The molecule has 1 rings (SSSR count). The van der Waals surface area contributed by atoms with Gasteiger partial charge in [0.25, 0.3) is 11.6 Å². The molecular weight excluding hydrogens is 320 g/mol. The second-order valence-electron chi connectivity index (χ2n) is 4.93. The Morgan fingerprint density at radius 1 is 1.29 bits per heavy atom. The van der Waals surface area contributed by atoms with Gasteiger partial charge in [-0.05, 0) is 19.1 Å². The number of nitrogens with zero attached hydrogens (tertiary/aromatic N) is 1. The van der Waals surface area contributed by atoms with Crippen LogP contribution in [0.2, 0.25) is 0 Å². The molecule has 130 valence electrons. The number of nitro groups is 1. The van der Waals surface area contributed by atoms with Gasteiger partial charge in [0.2, 0.25) is 5.91 Å². The van der Waals surface area contributed by atoms with E-state index in [9.17, 15) is 24.5 Å². The second-order valence-corrected chi connectivity index (χ2v) is 4.93. The van der Waals surface area contributed by atoms with E-state index >= 15 is 0 Å². The summed E-state index contributed by atoms with van der Waals surface area (Å²) in [7, 11) is 0. The van der Waals surface area contributed by atoms with Crippen molar-refractivity contribution in [1.29, 1.82) is 0 Å². The molecule has 0 aliphatic carbocycles. The lowest BCUT2D eigenvalue weighted by molar-refractivity contribution is -0.384. The van der Waals surface area contributed by atoms with Crippen molar-refractivity contribution in [1.82, 2.24) is 10.6 Å². The quantitative estimate of drug-likeness (QED) is 0.303. The van der Waals surface area contributed by atoms with Crippen LogP contribution < -0.4 is 16.0 Å². The van der Waals surface area contributed by atoms with E-state index in [0.29, 0.717) is 0 Å². The van der Waals surface area contributed by atoms with Gasteiger partial charge in [-0.2, -0.15) is 0 Å². The lowest BCUT2D eigenvalue weighted by Gasteiger charge is -2.11.